The maximum Gasteiger partial charge on any atom is 0.258 e. The molecule has 7 heteroatoms. The molecule has 1 amide bonds. The van der Waals surface area contributed by atoms with E-state index in [0.29, 0.717) is 16.3 Å². The summed E-state index contributed by atoms with van der Waals surface area (Å²) in [5, 5.41) is 7.69. The number of nitrogens with one attached hydrogen (secondary N) is 1. The molecule has 1 aromatic carbocycles. The predicted molar refractivity (Wildman–Crippen MR) is 120 cm³/mol. The minimum Gasteiger partial charge on any atom is -0.372 e. The molecule has 6 nitrogen and oxygen atoms in total. The number of anilines is 2. The number of nitrogens with zero attached hydrogens (tertiary/aromatic N) is 3. The molecule has 156 valence electrons. The molecular weight excluding hydrogens is 396 g/mol. The van der Waals surface area contributed by atoms with Gasteiger partial charge < -0.3 is 14.7 Å². The number of hydrogen-bond acceptors (Lipinski definition) is 6. The molecule has 0 saturated carbocycles. The molecule has 1 aliphatic heterocycles. The van der Waals surface area contributed by atoms with Gasteiger partial charge in [0.25, 0.3) is 5.91 Å². The van der Waals surface area contributed by atoms with Crippen molar-refractivity contribution in [3.63, 3.8) is 0 Å². The minimum atomic E-state index is -0.157. The molecular formula is C23H26N4O2S. The van der Waals surface area contributed by atoms with E-state index >= 15 is 0 Å². The van der Waals surface area contributed by atoms with E-state index in [4.69, 9.17) is 4.52 Å². The Morgan fingerprint density at radius 2 is 1.90 bits per heavy atom. The van der Waals surface area contributed by atoms with E-state index < -0.39 is 0 Å². The molecule has 1 fully saturated rings. The Labute approximate surface area is 181 Å². The Kier molecular flexibility index (Phi) is 6.38. The normalized spacial score (nSPS) is 14.0. The van der Waals surface area contributed by atoms with Gasteiger partial charge in [-0.1, -0.05) is 5.16 Å². The van der Waals surface area contributed by atoms with Crippen LogP contribution in [-0.4, -0.2) is 29.1 Å². The van der Waals surface area contributed by atoms with Crippen LogP contribution in [-0.2, 0) is 5.75 Å². The molecule has 3 aromatic rings. The number of carbonyl (C=O) groups excluding carboxylic acids is 1. The van der Waals surface area contributed by atoms with Crippen LogP contribution in [0.15, 0.2) is 52.1 Å². The number of pyridine rings is 1. The lowest BCUT2D eigenvalue weighted by molar-refractivity contribution is 0.102. The van der Waals surface area contributed by atoms with Gasteiger partial charge in [-0.15, -0.1) is 11.8 Å². The predicted octanol–water partition coefficient (Wildman–Crippen LogP) is 5.22. The summed E-state index contributed by atoms with van der Waals surface area (Å²) in [5.41, 5.74) is 4.48. The lowest BCUT2D eigenvalue weighted by Crippen LogP contribution is -2.29. The molecule has 1 N–H and O–H groups in total. The second kappa shape index (κ2) is 9.34. The third-order valence-electron chi connectivity index (χ3n) is 5.40. The second-order valence-corrected chi connectivity index (χ2v) is 8.46. The van der Waals surface area contributed by atoms with Crippen molar-refractivity contribution in [2.75, 3.05) is 23.3 Å². The van der Waals surface area contributed by atoms with Gasteiger partial charge in [-0.05, 0) is 69.5 Å². The number of rotatable bonds is 6. The van der Waals surface area contributed by atoms with Crippen molar-refractivity contribution in [1.29, 1.82) is 0 Å². The first-order valence-electron chi connectivity index (χ1n) is 10.3. The highest BCUT2D eigenvalue weighted by Gasteiger charge is 2.16. The number of carbonyl (C=O) groups is 1. The average Bonchev–Trinajstić information content (AvgIpc) is 3.11. The van der Waals surface area contributed by atoms with Gasteiger partial charge >= 0.3 is 0 Å². The third-order valence-corrected chi connectivity index (χ3v) is 6.43. The number of aryl methyl sites for hydroxylation is 2. The van der Waals surface area contributed by atoms with Crippen LogP contribution in [0.3, 0.4) is 0 Å². The van der Waals surface area contributed by atoms with Crippen molar-refractivity contribution >= 4 is 29.0 Å². The Bertz CT molecular complexity index is 991. The molecule has 3 heterocycles. The summed E-state index contributed by atoms with van der Waals surface area (Å²) in [5.74, 6) is 1.30. The zero-order valence-corrected chi connectivity index (χ0v) is 18.2. The van der Waals surface area contributed by atoms with Gasteiger partial charge in [0, 0.05) is 42.0 Å². The monoisotopic (exact) mass is 422 g/mol. The maximum absolute atomic E-state index is 12.9. The molecule has 0 unspecified atom stereocenters. The van der Waals surface area contributed by atoms with Crippen molar-refractivity contribution in [3.05, 3.63) is 65.2 Å². The first kappa shape index (κ1) is 20.5. The summed E-state index contributed by atoms with van der Waals surface area (Å²) >= 11 is 1.51. The average molecular weight is 423 g/mol. The van der Waals surface area contributed by atoms with Gasteiger partial charge in [0.2, 0.25) is 0 Å². The number of aromatic nitrogens is 2. The van der Waals surface area contributed by atoms with E-state index in [0.717, 1.165) is 35.8 Å². The SMILES string of the molecule is Cc1noc(C)c1CSc1ncccc1C(=O)Nc1ccc(N2CCCCC2)cc1. The van der Waals surface area contributed by atoms with Crippen molar-refractivity contribution in [3.8, 4) is 0 Å². The number of hydrogen-bond donors (Lipinski definition) is 1. The van der Waals surface area contributed by atoms with Crippen molar-refractivity contribution < 1.29 is 9.32 Å². The van der Waals surface area contributed by atoms with Crippen molar-refractivity contribution in [2.45, 2.75) is 43.9 Å². The van der Waals surface area contributed by atoms with Crippen LogP contribution in [0.4, 0.5) is 11.4 Å². The molecule has 2 aromatic heterocycles. The number of thioether (sulfide) groups is 1. The fourth-order valence-corrected chi connectivity index (χ4v) is 4.78. The zero-order valence-electron chi connectivity index (χ0n) is 17.4. The summed E-state index contributed by atoms with van der Waals surface area (Å²) in [6.07, 6.45) is 5.51. The fourth-order valence-electron chi connectivity index (χ4n) is 3.63. The summed E-state index contributed by atoms with van der Waals surface area (Å²) in [6.45, 7) is 6.03. The number of amides is 1. The van der Waals surface area contributed by atoms with Crippen LogP contribution < -0.4 is 10.2 Å². The van der Waals surface area contributed by atoms with E-state index in [1.54, 1.807) is 18.3 Å². The molecule has 30 heavy (non-hydrogen) atoms. The van der Waals surface area contributed by atoms with E-state index in [1.165, 1.54) is 36.7 Å². The highest BCUT2D eigenvalue weighted by atomic mass is 32.2. The van der Waals surface area contributed by atoms with E-state index in [-0.39, 0.29) is 5.91 Å². The van der Waals surface area contributed by atoms with E-state index in [9.17, 15) is 4.79 Å². The van der Waals surface area contributed by atoms with Gasteiger partial charge in [-0.2, -0.15) is 0 Å². The summed E-state index contributed by atoms with van der Waals surface area (Å²) in [6, 6.07) is 11.7. The summed E-state index contributed by atoms with van der Waals surface area (Å²) in [4.78, 5) is 19.7. The van der Waals surface area contributed by atoms with E-state index in [1.807, 2.05) is 26.0 Å². The lowest BCUT2D eigenvalue weighted by atomic mass is 10.1. The molecule has 4 rings (SSSR count). The molecule has 0 radical (unpaired) electrons. The summed E-state index contributed by atoms with van der Waals surface area (Å²) in [7, 11) is 0. The Hall–Kier alpha value is -2.80. The van der Waals surface area contributed by atoms with Crippen LogP contribution >= 0.6 is 11.8 Å². The Morgan fingerprint density at radius 3 is 2.60 bits per heavy atom. The standard InChI is InChI=1S/C23H26N4O2S/c1-16-21(17(2)29-26-16)15-30-23-20(7-6-12-24-23)22(28)25-18-8-10-19(11-9-18)27-13-4-3-5-14-27/h6-12H,3-5,13-15H2,1-2H3,(H,25,28). The quantitative estimate of drug-likeness (QED) is 0.549. The first-order chi connectivity index (χ1) is 14.6. The van der Waals surface area contributed by atoms with Crippen LogP contribution in [0.2, 0.25) is 0 Å². The first-order valence-corrected chi connectivity index (χ1v) is 11.3. The van der Waals surface area contributed by atoms with Gasteiger partial charge in [0.15, 0.2) is 0 Å². The van der Waals surface area contributed by atoms with Crippen LogP contribution in [0, 0.1) is 13.8 Å². The lowest BCUT2D eigenvalue weighted by Gasteiger charge is -2.28. The Morgan fingerprint density at radius 1 is 1.13 bits per heavy atom. The zero-order chi connectivity index (χ0) is 20.9. The molecule has 0 spiro atoms. The van der Waals surface area contributed by atoms with Gasteiger partial charge in [0.05, 0.1) is 11.3 Å². The van der Waals surface area contributed by atoms with Crippen LogP contribution in [0.5, 0.6) is 0 Å². The molecule has 0 bridgehead atoms. The fraction of sp³-hybridized carbons (Fsp3) is 0.348. The van der Waals surface area contributed by atoms with Crippen LogP contribution in [0.25, 0.3) is 0 Å². The smallest absolute Gasteiger partial charge is 0.258 e. The van der Waals surface area contributed by atoms with Gasteiger partial charge in [-0.25, -0.2) is 4.98 Å². The van der Waals surface area contributed by atoms with Gasteiger partial charge in [-0.3, -0.25) is 4.79 Å². The van der Waals surface area contributed by atoms with Gasteiger partial charge in [0.1, 0.15) is 10.8 Å². The minimum absolute atomic E-state index is 0.157. The topological polar surface area (TPSA) is 71.3 Å². The van der Waals surface area contributed by atoms with Crippen molar-refractivity contribution in [1.82, 2.24) is 10.1 Å². The second-order valence-electron chi connectivity index (χ2n) is 7.50. The van der Waals surface area contributed by atoms with Crippen LogP contribution in [0.1, 0.15) is 46.6 Å². The molecule has 1 saturated heterocycles. The van der Waals surface area contributed by atoms with Crippen molar-refractivity contribution in [2.24, 2.45) is 0 Å². The van der Waals surface area contributed by atoms with E-state index in [2.05, 4.69) is 32.5 Å². The molecule has 0 aliphatic carbocycles. The largest absolute Gasteiger partial charge is 0.372 e. The molecule has 1 aliphatic rings. The Balaban J connectivity index is 1.43. The highest BCUT2D eigenvalue weighted by Crippen LogP contribution is 2.28. The number of benzene rings is 1. The summed E-state index contributed by atoms with van der Waals surface area (Å²) < 4.78 is 5.23. The number of piperidine rings is 1. The molecule has 0 atom stereocenters. The highest BCUT2D eigenvalue weighted by molar-refractivity contribution is 7.98. The maximum atomic E-state index is 12.9. The third kappa shape index (κ3) is 4.67.